The van der Waals surface area contributed by atoms with Crippen LogP contribution in [0.25, 0.3) is 0 Å². The van der Waals surface area contributed by atoms with Crippen LogP contribution in [0.1, 0.15) is 154 Å². The van der Waals surface area contributed by atoms with Crippen molar-refractivity contribution in [3.63, 3.8) is 0 Å². The molecule has 2 aromatic rings. The molecule has 6 atom stereocenters. The maximum atomic E-state index is 13.2. The standard InChI is InChI=1S/C50H76N4O7S/c1-6-8-9-10-11-12-13-14-15-18-26-53-48(57)59-39-23-24-44-42(34-39)46-40(22-17-20-30-56)37(21-16-19-29-55)33-41-43(54-61-49(3,4)5)35-45(50(60-44,47(41)46)58-31-7-2)62-32-25-38-36-51-27-28-52-38/h7,23-24,27-28,33-34,36-37,40,45-47,55-56H,2,6,8-22,25-26,29-32,35H2,1,3-5H3,(H,53,57). The molecule has 1 saturated carbocycles. The van der Waals surface area contributed by atoms with Crippen LogP contribution in [0.4, 0.5) is 4.79 Å². The number of unbranched alkanes of at least 4 members (excludes halogenated alkanes) is 11. The molecule has 1 aromatic carbocycles. The number of carbonyl (C=O) groups excluding carboxylic acids is 1. The van der Waals surface area contributed by atoms with Gasteiger partial charge in [0, 0.05) is 62.7 Å². The molecule has 1 fully saturated rings. The smallest absolute Gasteiger partial charge is 0.412 e. The van der Waals surface area contributed by atoms with Crippen molar-refractivity contribution in [2.24, 2.45) is 22.9 Å². The summed E-state index contributed by atoms with van der Waals surface area (Å²) in [5, 5.41) is 27.5. The van der Waals surface area contributed by atoms with Gasteiger partial charge in [0.15, 0.2) is 0 Å². The fraction of sp³-hybridized carbons (Fsp3) is 0.680. The third kappa shape index (κ3) is 14.3. The second-order valence-electron chi connectivity index (χ2n) is 18.3. The summed E-state index contributed by atoms with van der Waals surface area (Å²) in [4.78, 5) is 28.3. The Morgan fingerprint density at radius 1 is 1.00 bits per heavy atom. The van der Waals surface area contributed by atoms with Gasteiger partial charge >= 0.3 is 6.09 Å². The maximum absolute atomic E-state index is 13.2. The Morgan fingerprint density at radius 3 is 2.40 bits per heavy atom. The number of ether oxygens (including phenoxy) is 3. The van der Waals surface area contributed by atoms with Gasteiger partial charge < -0.3 is 34.6 Å². The van der Waals surface area contributed by atoms with E-state index in [0.29, 0.717) is 37.3 Å². The first-order valence-electron chi connectivity index (χ1n) is 23.7. The van der Waals surface area contributed by atoms with E-state index in [0.717, 1.165) is 73.2 Å². The highest BCUT2D eigenvalue weighted by Crippen LogP contribution is 2.62. The Labute approximate surface area is 376 Å². The lowest BCUT2D eigenvalue weighted by atomic mass is 9.56. The van der Waals surface area contributed by atoms with Crippen LogP contribution in [-0.2, 0) is 16.0 Å². The van der Waals surface area contributed by atoms with Gasteiger partial charge in [-0.2, -0.15) is 11.8 Å². The zero-order valence-corrected chi connectivity index (χ0v) is 39.0. The SMILES string of the molecule is C=CCOC12Oc3ccc(OC(=O)NCCCCCCCCCCCC)cc3C3C(CCCCO)C(CCCCO)C=C(C(=NOC(C)(C)C)CC1SCCc1cnccn1)C32. The molecule has 1 aromatic heterocycles. The Balaban J connectivity index is 1.48. The first kappa shape index (κ1) is 49.6. The minimum atomic E-state index is -1.09. The molecule has 1 aliphatic heterocycles. The summed E-state index contributed by atoms with van der Waals surface area (Å²) in [5.74, 6) is 0.730. The maximum Gasteiger partial charge on any atom is 0.412 e. The third-order valence-corrected chi connectivity index (χ3v) is 13.7. The van der Waals surface area contributed by atoms with E-state index in [2.05, 4.69) is 34.9 Å². The number of aryl methyl sites for hydroxylation is 1. The van der Waals surface area contributed by atoms with Crippen molar-refractivity contribution in [1.82, 2.24) is 15.3 Å². The number of nitrogens with zero attached hydrogens (tertiary/aromatic N) is 3. The van der Waals surface area contributed by atoms with Gasteiger partial charge in [0.1, 0.15) is 17.1 Å². The molecule has 0 radical (unpaired) electrons. The van der Waals surface area contributed by atoms with Crippen LogP contribution in [0.15, 0.2) is 66.2 Å². The number of thioether (sulfide) groups is 1. The van der Waals surface area contributed by atoms with Crippen LogP contribution in [0.3, 0.4) is 0 Å². The lowest BCUT2D eigenvalue weighted by Gasteiger charge is -2.58. The molecule has 3 aliphatic rings. The lowest BCUT2D eigenvalue weighted by Crippen LogP contribution is -2.64. The summed E-state index contributed by atoms with van der Waals surface area (Å²) in [5.41, 5.74) is 3.33. The number of nitrogens with one attached hydrogen (secondary N) is 1. The molecule has 0 bridgehead atoms. The molecule has 0 saturated heterocycles. The molecule has 62 heavy (non-hydrogen) atoms. The van der Waals surface area contributed by atoms with Crippen molar-refractivity contribution < 1.29 is 34.1 Å². The van der Waals surface area contributed by atoms with Gasteiger partial charge in [-0.1, -0.05) is 94.9 Å². The number of hydrogen-bond donors (Lipinski definition) is 3. The quantitative estimate of drug-likeness (QED) is 0.0429. The summed E-state index contributed by atoms with van der Waals surface area (Å²) in [6.07, 6.45) is 27.4. The number of rotatable bonds is 28. The zero-order valence-electron chi connectivity index (χ0n) is 38.2. The highest BCUT2D eigenvalue weighted by molar-refractivity contribution is 8.00. The van der Waals surface area contributed by atoms with E-state index in [-0.39, 0.29) is 48.7 Å². The number of amides is 1. The van der Waals surface area contributed by atoms with Crippen molar-refractivity contribution in [1.29, 1.82) is 0 Å². The third-order valence-electron chi connectivity index (χ3n) is 12.4. The Bertz CT molecular complexity index is 1720. The van der Waals surface area contributed by atoms with E-state index >= 15 is 0 Å². The Morgan fingerprint density at radius 2 is 1.73 bits per heavy atom. The molecule has 6 unspecified atom stereocenters. The number of aliphatic hydroxyl groups is 2. The first-order chi connectivity index (χ1) is 30.1. The van der Waals surface area contributed by atoms with Crippen molar-refractivity contribution in [3.05, 3.63) is 72.4 Å². The highest BCUT2D eigenvalue weighted by Gasteiger charge is 2.64. The second-order valence-corrected chi connectivity index (χ2v) is 19.6. The predicted molar refractivity (Wildman–Crippen MR) is 250 cm³/mol. The highest BCUT2D eigenvalue weighted by atomic mass is 32.2. The van der Waals surface area contributed by atoms with Crippen LogP contribution in [0, 0.1) is 17.8 Å². The number of benzene rings is 1. The Kier molecular flexibility index (Phi) is 20.6. The Hall–Kier alpha value is -3.45. The predicted octanol–water partition coefficient (Wildman–Crippen LogP) is 10.9. The van der Waals surface area contributed by atoms with Crippen molar-refractivity contribution in [2.75, 3.05) is 32.1 Å². The van der Waals surface area contributed by atoms with Crippen LogP contribution in [-0.4, -0.2) is 80.7 Å². The van der Waals surface area contributed by atoms with E-state index in [1.807, 2.05) is 45.2 Å². The minimum absolute atomic E-state index is 0.108. The van der Waals surface area contributed by atoms with Gasteiger partial charge in [0.05, 0.1) is 29.2 Å². The first-order valence-corrected chi connectivity index (χ1v) is 24.8. The number of oxime groups is 1. The molecular formula is C50H76N4O7S. The summed E-state index contributed by atoms with van der Waals surface area (Å²) >= 11 is 1.79. The van der Waals surface area contributed by atoms with Gasteiger partial charge in [-0.3, -0.25) is 9.97 Å². The summed E-state index contributed by atoms with van der Waals surface area (Å²) in [6, 6.07) is 5.76. The van der Waals surface area contributed by atoms with E-state index < -0.39 is 17.5 Å². The monoisotopic (exact) mass is 877 g/mol. The zero-order chi connectivity index (χ0) is 44.2. The van der Waals surface area contributed by atoms with Gasteiger partial charge in [-0.05, 0) is 94.2 Å². The molecule has 5 rings (SSSR count). The topological polar surface area (TPSA) is 145 Å². The molecular weight excluding hydrogens is 801 g/mol. The van der Waals surface area contributed by atoms with E-state index in [9.17, 15) is 15.0 Å². The van der Waals surface area contributed by atoms with Crippen LogP contribution in [0.5, 0.6) is 11.5 Å². The molecule has 0 spiro atoms. The lowest BCUT2D eigenvalue weighted by molar-refractivity contribution is -0.223. The average molecular weight is 877 g/mol. The number of aromatic nitrogens is 2. The van der Waals surface area contributed by atoms with Gasteiger partial charge in [0.25, 0.3) is 0 Å². The average Bonchev–Trinajstić information content (AvgIpc) is 3.26. The molecule has 2 heterocycles. The molecule has 344 valence electrons. The van der Waals surface area contributed by atoms with Crippen molar-refractivity contribution in [2.45, 2.75) is 166 Å². The van der Waals surface area contributed by atoms with E-state index in [1.165, 1.54) is 51.4 Å². The van der Waals surface area contributed by atoms with Crippen LogP contribution in [0.2, 0.25) is 0 Å². The fourth-order valence-electron chi connectivity index (χ4n) is 9.44. The van der Waals surface area contributed by atoms with Crippen LogP contribution < -0.4 is 14.8 Å². The van der Waals surface area contributed by atoms with Gasteiger partial charge in [0.2, 0.25) is 5.79 Å². The summed E-state index contributed by atoms with van der Waals surface area (Å²) in [6.45, 7) is 13.4. The largest absolute Gasteiger partial charge is 0.460 e. The number of aliphatic hydroxyl groups excluding tert-OH is 2. The van der Waals surface area contributed by atoms with Crippen LogP contribution >= 0.6 is 11.8 Å². The van der Waals surface area contributed by atoms with Gasteiger partial charge in [-0.15, -0.1) is 6.58 Å². The number of hydrogen-bond acceptors (Lipinski definition) is 11. The van der Waals surface area contributed by atoms with Gasteiger partial charge in [-0.25, -0.2) is 4.79 Å². The van der Waals surface area contributed by atoms with E-state index in [4.69, 9.17) is 24.2 Å². The number of carbonyl (C=O) groups is 1. The van der Waals surface area contributed by atoms with Crippen molar-refractivity contribution in [3.8, 4) is 11.5 Å². The molecule has 12 heteroatoms. The minimum Gasteiger partial charge on any atom is -0.460 e. The molecule has 11 nitrogen and oxygen atoms in total. The number of allylic oxidation sites excluding steroid dienone is 1. The van der Waals surface area contributed by atoms with E-state index in [1.54, 1.807) is 30.2 Å². The number of fused-ring (bicyclic) bond motifs is 2. The van der Waals surface area contributed by atoms with Crippen molar-refractivity contribution >= 4 is 23.6 Å². The summed E-state index contributed by atoms with van der Waals surface area (Å²) in [7, 11) is 0. The molecule has 2 aliphatic carbocycles. The second kappa shape index (κ2) is 25.7. The molecule has 1 amide bonds. The summed E-state index contributed by atoms with van der Waals surface area (Å²) < 4.78 is 20.3. The fourth-order valence-corrected chi connectivity index (χ4v) is 10.8. The normalized spacial score (nSPS) is 23.5. The molecule has 3 N–H and O–H groups in total.